The number of benzene rings is 1. The van der Waals surface area contributed by atoms with Crippen molar-refractivity contribution in [3.8, 4) is 0 Å². The molecule has 2 aromatic rings. The molecule has 3 rings (SSSR count). The Morgan fingerprint density at radius 3 is 3.05 bits per heavy atom. The number of thiazole rings is 1. The maximum Gasteiger partial charge on any atom is 0.190 e. The van der Waals surface area contributed by atoms with Crippen LogP contribution in [0.25, 0.3) is 0 Å². The second-order valence-corrected chi connectivity index (χ2v) is 6.10. The molecule has 0 spiro atoms. The molecule has 0 radical (unpaired) electrons. The lowest BCUT2D eigenvalue weighted by Crippen LogP contribution is -2.17. The summed E-state index contributed by atoms with van der Waals surface area (Å²) in [6, 6.07) is 8.45. The number of nitrogens with zero attached hydrogens (tertiary/aromatic N) is 2. The number of methoxy groups -OCH3 is 1. The molecule has 0 aliphatic carbocycles. The number of rotatable bonds is 4. The van der Waals surface area contributed by atoms with Crippen LogP contribution in [0.3, 0.4) is 0 Å². The van der Waals surface area contributed by atoms with Crippen LogP contribution in [0.5, 0.6) is 0 Å². The lowest BCUT2D eigenvalue weighted by molar-refractivity contribution is 0.112. The summed E-state index contributed by atoms with van der Waals surface area (Å²) < 4.78 is 5.13. The number of aryl methyl sites for hydroxylation is 1. The van der Waals surface area contributed by atoms with Crippen molar-refractivity contribution in [3.63, 3.8) is 0 Å². The fourth-order valence-corrected chi connectivity index (χ4v) is 3.61. The molecule has 1 aliphatic heterocycles. The van der Waals surface area contributed by atoms with E-state index in [1.54, 1.807) is 7.11 Å². The number of aromatic nitrogens is 1. The van der Waals surface area contributed by atoms with Crippen molar-refractivity contribution < 1.29 is 9.53 Å². The van der Waals surface area contributed by atoms with Gasteiger partial charge in [0.2, 0.25) is 0 Å². The first-order valence-corrected chi connectivity index (χ1v) is 7.94. The van der Waals surface area contributed by atoms with Crippen LogP contribution in [0.2, 0.25) is 0 Å². The third kappa shape index (κ3) is 2.84. The van der Waals surface area contributed by atoms with Crippen molar-refractivity contribution in [1.82, 2.24) is 4.98 Å². The number of hydrogen-bond acceptors (Lipinski definition) is 5. The zero-order chi connectivity index (χ0) is 14.7. The number of para-hydroxylation sites is 1. The summed E-state index contributed by atoms with van der Waals surface area (Å²) in [5.74, 6) is 0. The van der Waals surface area contributed by atoms with Gasteiger partial charge in [0.1, 0.15) is 0 Å². The largest absolute Gasteiger partial charge is 0.378 e. The number of anilines is 2. The minimum absolute atomic E-state index is 0.375. The zero-order valence-electron chi connectivity index (χ0n) is 12.0. The van der Waals surface area contributed by atoms with Crippen LogP contribution in [0.1, 0.15) is 33.8 Å². The average Bonchev–Trinajstić information content (AvgIpc) is 2.78. The smallest absolute Gasteiger partial charge is 0.190 e. The van der Waals surface area contributed by atoms with Crippen molar-refractivity contribution in [1.29, 1.82) is 0 Å². The first-order chi connectivity index (χ1) is 10.3. The highest BCUT2D eigenvalue weighted by Gasteiger charge is 2.21. The van der Waals surface area contributed by atoms with Crippen LogP contribution < -0.4 is 4.90 Å². The zero-order valence-corrected chi connectivity index (χ0v) is 12.9. The highest BCUT2D eigenvalue weighted by molar-refractivity contribution is 7.17. The molecule has 0 bridgehead atoms. The van der Waals surface area contributed by atoms with Gasteiger partial charge < -0.3 is 9.64 Å². The number of carbonyl (C=O) groups excluding carboxylic acids is 1. The fourth-order valence-electron chi connectivity index (χ4n) is 2.69. The normalized spacial score (nSPS) is 14.6. The van der Waals surface area contributed by atoms with Crippen molar-refractivity contribution in [3.05, 3.63) is 40.4 Å². The molecule has 0 atom stereocenters. The summed E-state index contributed by atoms with van der Waals surface area (Å²) in [6.07, 6.45) is 4.29. The van der Waals surface area contributed by atoms with Crippen LogP contribution in [0, 0.1) is 0 Å². The molecule has 2 heterocycles. The van der Waals surface area contributed by atoms with Crippen LogP contribution in [-0.2, 0) is 17.8 Å². The standard InChI is InChI=1S/C16H18N2O2S/c1-20-11-13-15(10-19)21-16(17-13)18-9-5-4-7-12-6-2-3-8-14(12)18/h2-3,6,8,10H,4-5,7,9,11H2,1H3. The van der Waals surface area contributed by atoms with Gasteiger partial charge in [-0.1, -0.05) is 29.5 Å². The molecule has 1 aromatic carbocycles. The topological polar surface area (TPSA) is 42.4 Å². The molecule has 5 heteroatoms. The van der Waals surface area contributed by atoms with Gasteiger partial charge in [-0.25, -0.2) is 4.98 Å². The van der Waals surface area contributed by atoms with E-state index in [9.17, 15) is 4.79 Å². The summed E-state index contributed by atoms with van der Waals surface area (Å²) >= 11 is 1.45. The van der Waals surface area contributed by atoms with Gasteiger partial charge in [0.05, 0.1) is 17.2 Å². The maximum absolute atomic E-state index is 11.2. The van der Waals surface area contributed by atoms with Gasteiger partial charge in [0.25, 0.3) is 0 Å². The van der Waals surface area contributed by atoms with Crippen LogP contribution >= 0.6 is 11.3 Å². The van der Waals surface area contributed by atoms with Crippen LogP contribution in [0.15, 0.2) is 24.3 Å². The van der Waals surface area contributed by atoms with Crippen LogP contribution in [0.4, 0.5) is 10.8 Å². The minimum Gasteiger partial charge on any atom is -0.378 e. The summed E-state index contributed by atoms with van der Waals surface area (Å²) in [5.41, 5.74) is 3.30. The predicted octanol–water partition coefficient (Wildman–Crippen LogP) is 3.58. The Hall–Kier alpha value is -1.72. The first-order valence-electron chi connectivity index (χ1n) is 7.12. The highest BCUT2D eigenvalue weighted by Crippen LogP contribution is 2.35. The molecule has 0 fully saturated rings. The van der Waals surface area contributed by atoms with E-state index in [0.717, 1.165) is 36.5 Å². The van der Waals surface area contributed by atoms with E-state index < -0.39 is 0 Å². The molecule has 0 saturated carbocycles. The van der Waals surface area contributed by atoms with E-state index in [4.69, 9.17) is 4.74 Å². The van der Waals surface area contributed by atoms with Gasteiger partial charge in [0.15, 0.2) is 11.4 Å². The Morgan fingerprint density at radius 1 is 1.38 bits per heavy atom. The minimum atomic E-state index is 0.375. The molecule has 0 saturated heterocycles. The Balaban J connectivity index is 2.01. The first kappa shape index (κ1) is 14.2. The molecule has 4 nitrogen and oxygen atoms in total. The summed E-state index contributed by atoms with van der Waals surface area (Å²) in [7, 11) is 1.62. The van der Waals surface area contributed by atoms with Gasteiger partial charge in [-0.15, -0.1) is 0 Å². The third-order valence-corrected chi connectivity index (χ3v) is 4.74. The van der Waals surface area contributed by atoms with Gasteiger partial charge in [-0.05, 0) is 30.9 Å². The van der Waals surface area contributed by atoms with Crippen molar-refractivity contribution in [2.45, 2.75) is 25.9 Å². The summed E-state index contributed by atoms with van der Waals surface area (Å²) in [4.78, 5) is 18.7. The molecular weight excluding hydrogens is 284 g/mol. The molecule has 0 unspecified atom stereocenters. The van der Waals surface area contributed by atoms with Gasteiger partial charge >= 0.3 is 0 Å². The highest BCUT2D eigenvalue weighted by atomic mass is 32.1. The number of aldehydes is 1. The van der Waals surface area contributed by atoms with E-state index in [-0.39, 0.29) is 0 Å². The summed E-state index contributed by atoms with van der Waals surface area (Å²) in [6.45, 7) is 1.31. The van der Waals surface area contributed by atoms with Crippen molar-refractivity contribution in [2.75, 3.05) is 18.6 Å². The average molecular weight is 302 g/mol. The second kappa shape index (κ2) is 6.37. The van der Waals surface area contributed by atoms with Crippen molar-refractivity contribution in [2.24, 2.45) is 0 Å². The molecular formula is C16H18N2O2S. The Kier molecular flexibility index (Phi) is 4.31. The lowest BCUT2D eigenvalue weighted by Gasteiger charge is -2.21. The van der Waals surface area contributed by atoms with E-state index in [2.05, 4.69) is 34.1 Å². The van der Waals surface area contributed by atoms with E-state index in [1.807, 2.05) is 0 Å². The Labute approximate surface area is 128 Å². The number of hydrogen-bond donors (Lipinski definition) is 0. The fraction of sp³-hybridized carbons (Fsp3) is 0.375. The molecule has 1 aromatic heterocycles. The van der Waals surface area contributed by atoms with E-state index in [1.165, 1.54) is 29.0 Å². The van der Waals surface area contributed by atoms with Crippen molar-refractivity contribution >= 4 is 28.4 Å². The van der Waals surface area contributed by atoms with Gasteiger partial charge in [-0.3, -0.25) is 4.79 Å². The Bertz CT molecular complexity index is 639. The van der Waals surface area contributed by atoms with E-state index >= 15 is 0 Å². The molecule has 0 amide bonds. The molecule has 110 valence electrons. The van der Waals surface area contributed by atoms with Gasteiger partial charge in [0, 0.05) is 19.3 Å². The summed E-state index contributed by atoms with van der Waals surface area (Å²) in [5, 5.41) is 0.888. The quantitative estimate of drug-likeness (QED) is 0.810. The van der Waals surface area contributed by atoms with E-state index in [0.29, 0.717) is 11.5 Å². The third-order valence-electron chi connectivity index (χ3n) is 3.70. The lowest BCUT2D eigenvalue weighted by atomic mass is 10.1. The Morgan fingerprint density at radius 2 is 2.24 bits per heavy atom. The molecule has 0 N–H and O–H groups in total. The number of carbonyl (C=O) groups is 1. The number of fused-ring (bicyclic) bond motifs is 1. The monoisotopic (exact) mass is 302 g/mol. The van der Waals surface area contributed by atoms with Gasteiger partial charge in [-0.2, -0.15) is 0 Å². The molecule has 1 aliphatic rings. The SMILES string of the molecule is COCc1nc(N2CCCCc3ccccc32)sc1C=O. The van der Waals surface area contributed by atoms with Crippen LogP contribution in [-0.4, -0.2) is 24.9 Å². The maximum atomic E-state index is 11.2. The molecule has 21 heavy (non-hydrogen) atoms. The number of ether oxygens (including phenoxy) is 1. The predicted molar refractivity (Wildman–Crippen MR) is 84.6 cm³/mol. The second-order valence-electron chi connectivity index (χ2n) is 5.10.